The van der Waals surface area contributed by atoms with Gasteiger partial charge >= 0.3 is 6.18 Å². The van der Waals surface area contributed by atoms with Gasteiger partial charge in [-0.1, -0.05) is 0 Å². The second kappa shape index (κ2) is 4.88. The minimum atomic E-state index is -4.58. The van der Waals surface area contributed by atoms with Crippen molar-refractivity contribution in [3.8, 4) is 0 Å². The lowest BCUT2D eigenvalue weighted by Gasteiger charge is -2.13. The monoisotopic (exact) mass is 313 g/mol. The Morgan fingerprint density at radius 2 is 2.00 bits per heavy atom. The first-order chi connectivity index (χ1) is 9.93. The molecule has 5 nitrogen and oxygen atoms in total. The normalized spacial score (nSPS) is 11.8. The third-order valence-corrected chi connectivity index (χ3v) is 2.91. The molecule has 0 amide bonds. The molecule has 3 aromatic heterocycles. The van der Waals surface area contributed by atoms with Crippen LogP contribution < -0.4 is 5.32 Å². The molecule has 2 N–H and O–H groups in total. The van der Waals surface area contributed by atoms with Gasteiger partial charge in [0.05, 0.1) is 11.9 Å². The van der Waals surface area contributed by atoms with E-state index in [4.69, 9.17) is 11.6 Å². The van der Waals surface area contributed by atoms with Crippen LogP contribution in [0.5, 0.6) is 0 Å². The fourth-order valence-corrected chi connectivity index (χ4v) is 1.94. The molecule has 0 aliphatic rings. The lowest BCUT2D eigenvalue weighted by Crippen LogP contribution is -2.11. The summed E-state index contributed by atoms with van der Waals surface area (Å²) < 4.78 is 38.7. The Balaban J connectivity index is 2.02. The molecular weight excluding hydrogens is 307 g/mol. The van der Waals surface area contributed by atoms with E-state index in [-0.39, 0.29) is 5.28 Å². The number of hydrogen-bond donors (Lipinski definition) is 2. The van der Waals surface area contributed by atoms with Crippen molar-refractivity contribution in [1.29, 1.82) is 0 Å². The number of halogens is 4. The van der Waals surface area contributed by atoms with E-state index in [2.05, 4.69) is 25.3 Å². The van der Waals surface area contributed by atoms with E-state index in [0.717, 1.165) is 5.39 Å². The van der Waals surface area contributed by atoms with Gasteiger partial charge in [-0.25, -0.2) is 9.97 Å². The van der Waals surface area contributed by atoms with E-state index in [1.165, 1.54) is 6.20 Å². The molecule has 0 aliphatic carbocycles. The summed E-state index contributed by atoms with van der Waals surface area (Å²) >= 11 is 5.56. The predicted octanol–water partition coefficient (Wildman–Crippen LogP) is 3.77. The van der Waals surface area contributed by atoms with Gasteiger partial charge in [0.15, 0.2) is 0 Å². The summed E-state index contributed by atoms with van der Waals surface area (Å²) in [4.78, 5) is 13.9. The molecule has 0 unspecified atom stereocenters. The molecule has 0 saturated carbocycles. The highest BCUT2D eigenvalue weighted by atomic mass is 35.5. The van der Waals surface area contributed by atoms with Crippen LogP contribution in [0.3, 0.4) is 0 Å². The lowest BCUT2D eigenvalue weighted by atomic mass is 10.2. The molecule has 0 aliphatic heterocycles. The zero-order valence-corrected chi connectivity index (χ0v) is 11.0. The summed E-state index contributed by atoms with van der Waals surface area (Å²) in [5, 5.41) is 3.05. The van der Waals surface area contributed by atoms with Crippen molar-refractivity contribution in [2.45, 2.75) is 6.18 Å². The van der Waals surface area contributed by atoms with Crippen LogP contribution in [0.1, 0.15) is 5.56 Å². The van der Waals surface area contributed by atoms with Crippen LogP contribution in [0.2, 0.25) is 5.28 Å². The van der Waals surface area contributed by atoms with Gasteiger partial charge in [0, 0.05) is 17.8 Å². The van der Waals surface area contributed by atoms with Crippen LogP contribution in [0.25, 0.3) is 11.0 Å². The molecular formula is C12H7ClF3N5. The smallest absolute Gasteiger partial charge is 0.346 e. The van der Waals surface area contributed by atoms with E-state index >= 15 is 0 Å². The zero-order chi connectivity index (χ0) is 15.0. The summed E-state index contributed by atoms with van der Waals surface area (Å²) in [6.07, 6.45) is -0.863. The highest BCUT2D eigenvalue weighted by molar-refractivity contribution is 6.28. The Kier molecular flexibility index (Phi) is 3.17. The van der Waals surface area contributed by atoms with Gasteiger partial charge in [-0.2, -0.15) is 18.2 Å². The van der Waals surface area contributed by atoms with Gasteiger partial charge in [-0.05, 0) is 23.7 Å². The number of H-pyrrole nitrogens is 1. The molecule has 108 valence electrons. The highest BCUT2D eigenvalue weighted by Gasteiger charge is 2.35. The lowest BCUT2D eigenvalue weighted by molar-refractivity contribution is -0.137. The highest BCUT2D eigenvalue weighted by Crippen LogP contribution is 2.35. The quantitative estimate of drug-likeness (QED) is 0.707. The maximum Gasteiger partial charge on any atom is 0.421 e. The van der Waals surface area contributed by atoms with E-state index in [1.54, 1.807) is 18.3 Å². The van der Waals surface area contributed by atoms with Crippen molar-refractivity contribution < 1.29 is 13.2 Å². The first-order valence-corrected chi connectivity index (χ1v) is 6.11. The number of fused-ring (bicyclic) bond motifs is 1. The van der Waals surface area contributed by atoms with Gasteiger partial charge in [0.2, 0.25) is 5.28 Å². The third kappa shape index (κ3) is 2.75. The minimum absolute atomic E-state index is 0.277. The van der Waals surface area contributed by atoms with Crippen molar-refractivity contribution in [1.82, 2.24) is 19.9 Å². The molecule has 0 saturated heterocycles. The molecule has 21 heavy (non-hydrogen) atoms. The molecule has 3 aromatic rings. The van der Waals surface area contributed by atoms with Crippen LogP contribution in [0.15, 0.2) is 30.7 Å². The molecule has 0 spiro atoms. The van der Waals surface area contributed by atoms with E-state index in [9.17, 15) is 13.2 Å². The molecule has 0 radical (unpaired) electrons. The topological polar surface area (TPSA) is 66.5 Å². The van der Waals surface area contributed by atoms with Crippen LogP contribution >= 0.6 is 11.6 Å². The molecule has 0 bridgehead atoms. The number of anilines is 2. The molecule has 9 heteroatoms. The van der Waals surface area contributed by atoms with Crippen LogP contribution in [0, 0.1) is 0 Å². The zero-order valence-electron chi connectivity index (χ0n) is 10.2. The average molecular weight is 314 g/mol. The van der Waals surface area contributed by atoms with E-state index in [0.29, 0.717) is 17.5 Å². The largest absolute Gasteiger partial charge is 0.421 e. The number of pyridine rings is 1. The van der Waals surface area contributed by atoms with E-state index in [1.807, 2.05) is 0 Å². The molecule has 0 fully saturated rings. The Hall–Kier alpha value is -2.35. The average Bonchev–Trinajstić information content (AvgIpc) is 2.84. The molecule has 0 atom stereocenters. The minimum Gasteiger partial charge on any atom is -0.346 e. The van der Waals surface area contributed by atoms with Gasteiger partial charge in [-0.15, -0.1) is 0 Å². The van der Waals surface area contributed by atoms with Crippen molar-refractivity contribution in [3.05, 3.63) is 41.6 Å². The maximum absolute atomic E-state index is 12.9. The van der Waals surface area contributed by atoms with Gasteiger partial charge in [0.25, 0.3) is 0 Å². The molecule has 0 aromatic carbocycles. The Morgan fingerprint density at radius 1 is 1.19 bits per heavy atom. The number of aromatic amines is 1. The number of nitrogens with zero attached hydrogens (tertiary/aromatic N) is 3. The Bertz CT molecular complexity index is 799. The van der Waals surface area contributed by atoms with E-state index < -0.39 is 17.6 Å². The summed E-state index contributed by atoms with van der Waals surface area (Å²) in [7, 11) is 0. The SMILES string of the molecule is FC(F)(F)c1cnc(Cl)nc1Nc1cnc2[nH]ccc2c1. The summed E-state index contributed by atoms with van der Waals surface area (Å²) in [6, 6.07) is 3.40. The molecule has 3 heterocycles. The summed E-state index contributed by atoms with van der Waals surface area (Å²) in [5.74, 6) is -0.417. The number of rotatable bonds is 2. The van der Waals surface area contributed by atoms with Crippen LogP contribution in [-0.4, -0.2) is 19.9 Å². The first kappa shape index (κ1) is 13.6. The Labute approximate surface area is 121 Å². The molecule has 3 rings (SSSR count). The van der Waals surface area contributed by atoms with Crippen molar-refractivity contribution in [3.63, 3.8) is 0 Å². The maximum atomic E-state index is 12.9. The Morgan fingerprint density at radius 3 is 2.76 bits per heavy atom. The van der Waals surface area contributed by atoms with Gasteiger partial charge in [0.1, 0.15) is 17.0 Å². The van der Waals surface area contributed by atoms with Crippen molar-refractivity contribution >= 4 is 34.1 Å². The fraction of sp³-hybridized carbons (Fsp3) is 0.0833. The predicted molar refractivity (Wildman–Crippen MR) is 71.4 cm³/mol. The van der Waals surface area contributed by atoms with Crippen LogP contribution in [-0.2, 0) is 6.18 Å². The third-order valence-electron chi connectivity index (χ3n) is 2.73. The summed E-state index contributed by atoms with van der Waals surface area (Å²) in [6.45, 7) is 0. The van der Waals surface area contributed by atoms with Gasteiger partial charge < -0.3 is 10.3 Å². The summed E-state index contributed by atoms with van der Waals surface area (Å²) in [5.41, 5.74) is 0.000692. The van der Waals surface area contributed by atoms with Crippen LogP contribution in [0.4, 0.5) is 24.7 Å². The van der Waals surface area contributed by atoms with Crippen molar-refractivity contribution in [2.24, 2.45) is 0 Å². The number of nitrogens with one attached hydrogen (secondary N) is 2. The number of alkyl halides is 3. The fourth-order valence-electron chi connectivity index (χ4n) is 1.81. The second-order valence-corrected chi connectivity index (χ2v) is 4.50. The number of aromatic nitrogens is 4. The first-order valence-electron chi connectivity index (χ1n) is 5.73. The van der Waals surface area contributed by atoms with Gasteiger partial charge in [-0.3, -0.25) is 0 Å². The van der Waals surface area contributed by atoms with Crippen molar-refractivity contribution in [2.75, 3.05) is 5.32 Å². The second-order valence-electron chi connectivity index (χ2n) is 4.16. The standard InChI is InChI=1S/C12H7ClF3N5/c13-11-19-5-8(12(14,15)16)10(21-11)20-7-3-6-1-2-17-9(6)18-4-7/h1-5H,(H,17,18)(H,19,20,21). The number of hydrogen-bond acceptors (Lipinski definition) is 4.